The van der Waals surface area contributed by atoms with Gasteiger partial charge in [-0.3, -0.25) is 4.99 Å². The summed E-state index contributed by atoms with van der Waals surface area (Å²) in [6.45, 7) is 1.27. The maximum Gasteiger partial charge on any atom is 0.191 e. The van der Waals surface area contributed by atoms with Crippen molar-refractivity contribution in [2.24, 2.45) is 4.99 Å². The monoisotopic (exact) mass is 283 g/mol. The third kappa shape index (κ3) is 7.46. The van der Waals surface area contributed by atoms with Gasteiger partial charge in [0.2, 0.25) is 0 Å². The normalized spacial score (nSPS) is 12.2. The van der Waals surface area contributed by atoms with E-state index in [2.05, 4.69) is 15.6 Å². The molecule has 106 valence electrons. The Morgan fingerprint density at radius 1 is 1.21 bits per heavy atom. The van der Waals surface area contributed by atoms with Crippen LogP contribution in [0.25, 0.3) is 0 Å². The summed E-state index contributed by atoms with van der Waals surface area (Å²) in [4.78, 5) is 4.08. The van der Waals surface area contributed by atoms with Gasteiger partial charge in [0.05, 0.1) is 5.75 Å². The zero-order valence-electron chi connectivity index (χ0n) is 11.4. The van der Waals surface area contributed by atoms with Crippen molar-refractivity contribution in [1.29, 1.82) is 0 Å². The summed E-state index contributed by atoms with van der Waals surface area (Å²) < 4.78 is 22.0. The lowest BCUT2D eigenvalue weighted by Gasteiger charge is -2.11. The highest BCUT2D eigenvalue weighted by atomic mass is 32.2. The van der Waals surface area contributed by atoms with Crippen LogP contribution in [0.3, 0.4) is 0 Å². The number of nitrogens with zero attached hydrogens (tertiary/aromatic N) is 1. The number of benzene rings is 1. The van der Waals surface area contributed by atoms with Crippen molar-refractivity contribution in [2.75, 3.05) is 25.6 Å². The summed E-state index contributed by atoms with van der Waals surface area (Å²) >= 11 is 0. The van der Waals surface area contributed by atoms with Crippen molar-refractivity contribution in [2.45, 2.75) is 13.0 Å². The summed E-state index contributed by atoms with van der Waals surface area (Å²) in [6.07, 6.45) is 1.82. The van der Waals surface area contributed by atoms with Crippen LogP contribution in [0.1, 0.15) is 12.0 Å². The Morgan fingerprint density at radius 2 is 1.89 bits per heavy atom. The molecule has 1 aromatic carbocycles. The molecule has 0 radical (unpaired) electrons. The van der Waals surface area contributed by atoms with Crippen LogP contribution in [0, 0.1) is 0 Å². The summed E-state index contributed by atoms with van der Waals surface area (Å²) in [5.41, 5.74) is 1.17. The molecule has 0 saturated heterocycles. The molecule has 0 bridgehead atoms. The van der Waals surface area contributed by atoms with Gasteiger partial charge in [0, 0.05) is 26.4 Å². The summed E-state index contributed by atoms with van der Waals surface area (Å²) in [6, 6.07) is 10.0. The number of guanidine groups is 1. The molecule has 1 rings (SSSR count). The van der Waals surface area contributed by atoms with Crippen LogP contribution in [0.5, 0.6) is 0 Å². The first kappa shape index (κ1) is 15.5. The lowest BCUT2D eigenvalue weighted by molar-refractivity contribution is 0.598. The van der Waals surface area contributed by atoms with Crippen LogP contribution in [0.15, 0.2) is 35.3 Å². The van der Waals surface area contributed by atoms with Crippen molar-refractivity contribution >= 4 is 15.8 Å². The number of aliphatic imine (C=N–C) groups is 1. The van der Waals surface area contributed by atoms with Crippen LogP contribution in [-0.2, 0) is 16.4 Å². The van der Waals surface area contributed by atoms with Gasteiger partial charge in [0.15, 0.2) is 5.96 Å². The van der Waals surface area contributed by atoms with Crippen molar-refractivity contribution in [3.8, 4) is 0 Å². The summed E-state index contributed by atoms with van der Waals surface area (Å²) in [5.74, 6) is 0.868. The zero-order valence-corrected chi connectivity index (χ0v) is 12.2. The second-order valence-corrected chi connectivity index (χ2v) is 6.58. The van der Waals surface area contributed by atoms with Gasteiger partial charge in [-0.25, -0.2) is 8.42 Å². The molecule has 0 saturated carbocycles. The number of nitrogens with one attached hydrogen (secondary N) is 2. The van der Waals surface area contributed by atoms with Gasteiger partial charge in [-0.2, -0.15) is 0 Å². The molecule has 0 aliphatic carbocycles. The van der Waals surface area contributed by atoms with Gasteiger partial charge >= 0.3 is 0 Å². The van der Waals surface area contributed by atoms with E-state index in [0.717, 1.165) is 0 Å². The lowest BCUT2D eigenvalue weighted by Crippen LogP contribution is -2.37. The Bertz CT molecular complexity index is 498. The molecule has 0 amide bonds. The molecule has 0 aliphatic rings. The van der Waals surface area contributed by atoms with Gasteiger partial charge in [0.1, 0.15) is 9.84 Å². The Kier molecular flexibility index (Phi) is 6.35. The maximum absolute atomic E-state index is 11.0. The quantitative estimate of drug-likeness (QED) is 0.460. The van der Waals surface area contributed by atoms with E-state index in [9.17, 15) is 8.42 Å². The molecule has 6 heteroatoms. The SMILES string of the molecule is CN=C(NCCCS(C)(=O)=O)NCc1ccccc1. The number of rotatable bonds is 6. The standard InChI is InChI=1S/C13H21N3O2S/c1-14-13(15-9-6-10-19(2,17)18)16-11-12-7-4-3-5-8-12/h3-5,7-8H,6,9-11H2,1-2H3,(H2,14,15,16). The van der Waals surface area contributed by atoms with Gasteiger partial charge in [-0.1, -0.05) is 30.3 Å². The molecule has 2 N–H and O–H groups in total. The van der Waals surface area contributed by atoms with Gasteiger partial charge in [-0.15, -0.1) is 0 Å². The first-order chi connectivity index (χ1) is 9.01. The van der Waals surface area contributed by atoms with Crippen LogP contribution < -0.4 is 10.6 Å². The minimum Gasteiger partial charge on any atom is -0.356 e. The second-order valence-electron chi connectivity index (χ2n) is 4.32. The summed E-state index contributed by atoms with van der Waals surface area (Å²) in [5, 5.41) is 6.26. The fraction of sp³-hybridized carbons (Fsp3) is 0.462. The number of hydrogen-bond acceptors (Lipinski definition) is 3. The molecule has 19 heavy (non-hydrogen) atoms. The van der Waals surface area contributed by atoms with Gasteiger partial charge in [0.25, 0.3) is 0 Å². The van der Waals surface area contributed by atoms with E-state index in [-0.39, 0.29) is 5.75 Å². The third-order valence-electron chi connectivity index (χ3n) is 2.51. The smallest absolute Gasteiger partial charge is 0.191 e. The summed E-state index contributed by atoms with van der Waals surface area (Å²) in [7, 11) is -1.19. The fourth-order valence-corrected chi connectivity index (χ4v) is 2.21. The third-order valence-corrected chi connectivity index (χ3v) is 3.54. The molecule has 0 spiro atoms. The molecular weight excluding hydrogens is 262 g/mol. The minimum atomic E-state index is -2.88. The first-order valence-corrected chi connectivity index (χ1v) is 8.23. The molecule has 0 unspecified atom stereocenters. The van der Waals surface area contributed by atoms with Crippen LogP contribution in [0.4, 0.5) is 0 Å². The Balaban J connectivity index is 2.27. The molecule has 0 atom stereocenters. The maximum atomic E-state index is 11.0. The Morgan fingerprint density at radius 3 is 2.47 bits per heavy atom. The van der Waals surface area contributed by atoms with Gasteiger partial charge < -0.3 is 10.6 Å². The molecule has 0 aliphatic heterocycles. The predicted molar refractivity (Wildman–Crippen MR) is 79.0 cm³/mol. The Labute approximate surface area is 115 Å². The predicted octanol–water partition coefficient (Wildman–Crippen LogP) is 0.786. The van der Waals surface area contributed by atoms with E-state index in [1.807, 2.05) is 30.3 Å². The first-order valence-electron chi connectivity index (χ1n) is 6.17. The topological polar surface area (TPSA) is 70.6 Å². The number of sulfone groups is 1. The fourth-order valence-electron chi connectivity index (χ4n) is 1.54. The molecule has 0 heterocycles. The second kappa shape index (κ2) is 7.78. The van der Waals surface area contributed by atoms with Crippen molar-refractivity contribution < 1.29 is 8.42 Å². The van der Waals surface area contributed by atoms with E-state index in [1.165, 1.54) is 11.8 Å². The average Bonchev–Trinajstić information content (AvgIpc) is 2.38. The van der Waals surface area contributed by atoms with E-state index >= 15 is 0 Å². The number of hydrogen-bond donors (Lipinski definition) is 2. The van der Waals surface area contributed by atoms with Crippen molar-refractivity contribution in [3.63, 3.8) is 0 Å². The Hall–Kier alpha value is -1.56. The highest BCUT2D eigenvalue weighted by molar-refractivity contribution is 7.90. The lowest BCUT2D eigenvalue weighted by atomic mass is 10.2. The molecule has 0 aromatic heterocycles. The van der Waals surface area contributed by atoms with Gasteiger partial charge in [-0.05, 0) is 12.0 Å². The van der Waals surface area contributed by atoms with Crippen LogP contribution >= 0.6 is 0 Å². The van der Waals surface area contributed by atoms with E-state index in [1.54, 1.807) is 7.05 Å². The van der Waals surface area contributed by atoms with E-state index in [4.69, 9.17) is 0 Å². The molecular formula is C13H21N3O2S. The highest BCUT2D eigenvalue weighted by Gasteiger charge is 2.02. The largest absolute Gasteiger partial charge is 0.356 e. The van der Waals surface area contributed by atoms with E-state index < -0.39 is 9.84 Å². The zero-order chi connectivity index (χ0) is 14.1. The molecule has 5 nitrogen and oxygen atoms in total. The molecule has 1 aromatic rings. The van der Waals surface area contributed by atoms with Crippen molar-refractivity contribution in [1.82, 2.24) is 10.6 Å². The minimum absolute atomic E-state index is 0.190. The highest BCUT2D eigenvalue weighted by Crippen LogP contribution is 1.96. The van der Waals surface area contributed by atoms with E-state index in [0.29, 0.717) is 25.5 Å². The van der Waals surface area contributed by atoms with Crippen LogP contribution in [-0.4, -0.2) is 40.0 Å². The van der Waals surface area contributed by atoms with Crippen LogP contribution in [0.2, 0.25) is 0 Å². The van der Waals surface area contributed by atoms with Crippen molar-refractivity contribution in [3.05, 3.63) is 35.9 Å². The average molecular weight is 283 g/mol. The molecule has 0 fully saturated rings.